The van der Waals surface area contributed by atoms with Crippen molar-refractivity contribution < 1.29 is 14.3 Å². The number of ether oxygens (including phenoxy) is 1. The summed E-state index contributed by atoms with van der Waals surface area (Å²) in [6.07, 6.45) is 2.51. The van der Waals surface area contributed by atoms with Crippen LogP contribution < -0.4 is 15.5 Å². The fraction of sp³-hybridized carbons (Fsp3) is 0.320. The summed E-state index contributed by atoms with van der Waals surface area (Å²) >= 11 is 7.35. The quantitative estimate of drug-likeness (QED) is 0.522. The lowest BCUT2D eigenvalue weighted by atomic mass is 9.90. The highest BCUT2D eigenvalue weighted by atomic mass is 35.5. The largest absolute Gasteiger partial charge is 0.378 e. The zero-order valence-corrected chi connectivity index (χ0v) is 20.1. The number of nitrogens with one attached hydrogen (secondary N) is 2. The SMILES string of the molecule is O=C(Nc1nc2c(s1)CCCC2C(=O)Nc1ccc(N2CCOCC2)cc1)c1ccc(Cl)cc1. The van der Waals surface area contributed by atoms with Crippen molar-refractivity contribution in [3.63, 3.8) is 0 Å². The molecule has 176 valence electrons. The van der Waals surface area contributed by atoms with E-state index in [1.54, 1.807) is 24.3 Å². The molecule has 1 unspecified atom stereocenters. The van der Waals surface area contributed by atoms with Crippen molar-refractivity contribution in [2.75, 3.05) is 41.8 Å². The number of carbonyl (C=O) groups excluding carboxylic acids is 2. The number of halogens is 1. The average molecular weight is 497 g/mol. The second-order valence-electron chi connectivity index (χ2n) is 8.37. The van der Waals surface area contributed by atoms with Crippen LogP contribution in [-0.4, -0.2) is 43.1 Å². The Bertz CT molecular complexity index is 1170. The molecule has 1 aliphatic carbocycles. The van der Waals surface area contributed by atoms with Crippen LogP contribution in [0.1, 0.15) is 39.7 Å². The minimum atomic E-state index is -0.333. The van der Waals surface area contributed by atoms with Crippen LogP contribution >= 0.6 is 22.9 Å². The van der Waals surface area contributed by atoms with E-state index in [1.807, 2.05) is 24.3 Å². The van der Waals surface area contributed by atoms with E-state index in [9.17, 15) is 9.59 Å². The zero-order valence-electron chi connectivity index (χ0n) is 18.6. The summed E-state index contributed by atoms with van der Waals surface area (Å²) in [5, 5.41) is 7.00. The van der Waals surface area contributed by atoms with Crippen LogP contribution in [-0.2, 0) is 16.0 Å². The van der Waals surface area contributed by atoms with Gasteiger partial charge < -0.3 is 15.0 Å². The molecule has 2 aromatic carbocycles. The summed E-state index contributed by atoms with van der Waals surface area (Å²) in [6.45, 7) is 3.21. The average Bonchev–Trinajstić information content (AvgIpc) is 3.28. The van der Waals surface area contributed by atoms with E-state index in [2.05, 4.69) is 20.5 Å². The Morgan fingerprint density at radius 2 is 1.76 bits per heavy atom. The van der Waals surface area contributed by atoms with E-state index >= 15 is 0 Å². The number of hydrogen-bond donors (Lipinski definition) is 2. The van der Waals surface area contributed by atoms with Crippen molar-refractivity contribution in [1.82, 2.24) is 4.98 Å². The van der Waals surface area contributed by atoms with Crippen molar-refractivity contribution >= 4 is 51.3 Å². The number of aryl methyl sites for hydroxylation is 1. The number of morpholine rings is 1. The fourth-order valence-electron chi connectivity index (χ4n) is 4.30. The highest BCUT2D eigenvalue weighted by Crippen LogP contribution is 2.37. The Labute approximate surface area is 207 Å². The molecule has 3 aromatic rings. The summed E-state index contributed by atoms with van der Waals surface area (Å²) in [5.41, 5.74) is 3.17. The molecular formula is C25H25ClN4O3S. The van der Waals surface area contributed by atoms with Crippen molar-refractivity contribution in [3.05, 3.63) is 69.7 Å². The minimum absolute atomic E-state index is 0.0686. The van der Waals surface area contributed by atoms with Crippen LogP contribution in [0.5, 0.6) is 0 Å². The summed E-state index contributed by atoms with van der Waals surface area (Å²) in [7, 11) is 0. The molecule has 0 radical (unpaired) electrons. The Kier molecular flexibility index (Phi) is 6.80. The number of anilines is 3. The molecule has 0 spiro atoms. The lowest BCUT2D eigenvalue weighted by Crippen LogP contribution is -2.36. The second kappa shape index (κ2) is 10.1. The summed E-state index contributed by atoms with van der Waals surface area (Å²) < 4.78 is 5.41. The predicted molar refractivity (Wildman–Crippen MR) is 135 cm³/mol. The predicted octanol–water partition coefficient (Wildman–Crippen LogP) is 4.94. The monoisotopic (exact) mass is 496 g/mol. The summed E-state index contributed by atoms with van der Waals surface area (Å²) in [6, 6.07) is 14.6. The van der Waals surface area contributed by atoms with Gasteiger partial charge in [-0.2, -0.15) is 0 Å². The number of rotatable bonds is 5. The van der Waals surface area contributed by atoms with Gasteiger partial charge in [0.05, 0.1) is 24.8 Å². The van der Waals surface area contributed by atoms with Gasteiger partial charge in [-0.3, -0.25) is 14.9 Å². The third-order valence-corrected chi connectivity index (χ3v) is 7.41. The lowest BCUT2D eigenvalue weighted by molar-refractivity contribution is -0.117. The van der Waals surface area contributed by atoms with Gasteiger partial charge in [0.2, 0.25) is 5.91 Å². The van der Waals surface area contributed by atoms with E-state index in [0.717, 1.165) is 67.5 Å². The number of benzene rings is 2. The number of amides is 2. The Morgan fingerprint density at radius 3 is 2.50 bits per heavy atom. The van der Waals surface area contributed by atoms with Gasteiger partial charge in [-0.05, 0) is 67.8 Å². The van der Waals surface area contributed by atoms with E-state index in [1.165, 1.54) is 11.3 Å². The second-order valence-corrected chi connectivity index (χ2v) is 9.89. The van der Waals surface area contributed by atoms with Crippen LogP contribution in [0.2, 0.25) is 5.02 Å². The Morgan fingerprint density at radius 1 is 1.03 bits per heavy atom. The maximum absolute atomic E-state index is 13.1. The maximum Gasteiger partial charge on any atom is 0.257 e. The number of hydrogen-bond acceptors (Lipinski definition) is 6. The summed E-state index contributed by atoms with van der Waals surface area (Å²) in [5.74, 6) is -0.648. The van der Waals surface area contributed by atoms with E-state index in [4.69, 9.17) is 16.3 Å². The molecule has 7 nitrogen and oxygen atoms in total. The highest BCUT2D eigenvalue weighted by molar-refractivity contribution is 7.16. The molecule has 34 heavy (non-hydrogen) atoms. The minimum Gasteiger partial charge on any atom is -0.378 e. The number of aromatic nitrogens is 1. The standard InChI is InChI=1S/C25H25ClN4O3S/c26-17-6-4-16(5-7-17)23(31)29-25-28-22-20(2-1-3-21(22)34-25)24(32)27-18-8-10-19(11-9-18)30-12-14-33-15-13-30/h4-11,20H,1-3,12-15H2,(H,27,32)(H,28,29,31). The van der Waals surface area contributed by atoms with Gasteiger partial charge in [0.15, 0.2) is 5.13 Å². The lowest BCUT2D eigenvalue weighted by Gasteiger charge is -2.29. The van der Waals surface area contributed by atoms with Gasteiger partial charge in [0.25, 0.3) is 5.91 Å². The fourth-order valence-corrected chi connectivity index (χ4v) is 5.49. The third-order valence-electron chi connectivity index (χ3n) is 6.11. The number of carbonyl (C=O) groups is 2. The number of thiazole rings is 1. The maximum atomic E-state index is 13.1. The Hall–Kier alpha value is -2.94. The number of fused-ring (bicyclic) bond motifs is 1. The van der Waals surface area contributed by atoms with Gasteiger partial charge in [-0.15, -0.1) is 11.3 Å². The molecule has 1 aromatic heterocycles. The smallest absolute Gasteiger partial charge is 0.257 e. The normalized spacial score (nSPS) is 17.7. The molecule has 5 rings (SSSR count). The van der Waals surface area contributed by atoms with Crippen molar-refractivity contribution in [3.8, 4) is 0 Å². The van der Waals surface area contributed by atoms with E-state index in [0.29, 0.717) is 15.7 Å². The molecule has 0 saturated carbocycles. The highest BCUT2D eigenvalue weighted by Gasteiger charge is 2.30. The molecule has 2 amide bonds. The first kappa shape index (κ1) is 22.8. The molecule has 1 fully saturated rings. The van der Waals surface area contributed by atoms with E-state index in [-0.39, 0.29) is 17.7 Å². The van der Waals surface area contributed by atoms with Gasteiger partial charge >= 0.3 is 0 Å². The Balaban J connectivity index is 1.25. The topological polar surface area (TPSA) is 83.6 Å². The van der Waals surface area contributed by atoms with Crippen molar-refractivity contribution in [2.24, 2.45) is 0 Å². The van der Waals surface area contributed by atoms with Crippen LogP contribution in [0.4, 0.5) is 16.5 Å². The van der Waals surface area contributed by atoms with E-state index < -0.39 is 0 Å². The number of nitrogens with zero attached hydrogens (tertiary/aromatic N) is 2. The van der Waals surface area contributed by atoms with Crippen LogP contribution in [0.25, 0.3) is 0 Å². The van der Waals surface area contributed by atoms with Crippen LogP contribution in [0.3, 0.4) is 0 Å². The summed E-state index contributed by atoms with van der Waals surface area (Å²) in [4.78, 5) is 33.7. The van der Waals surface area contributed by atoms with Crippen molar-refractivity contribution in [1.29, 1.82) is 0 Å². The molecule has 0 bridgehead atoms. The molecule has 2 aliphatic rings. The third kappa shape index (κ3) is 5.09. The molecule has 1 aliphatic heterocycles. The first-order chi connectivity index (χ1) is 16.6. The molecule has 1 saturated heterocycles. The molecule has 2 heterocycles. The van der Waals surface area contributed by atoms with Gasteiger partial charge in [-0.1, -0.05) is 11.6 Å². The van der Waals surface area contributed by atoms with Gasteiger partial charge in [0.1, 0.15) is 0 Å². The molecule has 9 heteroatoms. The van der Waals surface area contributed by atoms with Crippen molar-refractivity contribution in [2.45, 2.75) is 25.2 Å². The first-order valence-electron chi connectivity index (χ1n) is 11.4. The first-order valence-corrected chi connectivity index (χ1v) is 12.6. The molecule has 1 atom stereocenters. The van der Waals surface area contributed by atoms with Gasteiger partial charge in [-0.25, -0.2) is 4.98 Å². The van der Waals surface area contributed by atoms with Crippen LogP contribution in [0, 0.1) is 0 Å². The molecule has 2 N–H and O–H groups in total. The van der Waals surface area contributed by atoms with Gasteiger partial charge in [0, 0.05) is 39.9 Å². The zero-order chi connectivity index (χ0) is 23.5. The van der Waals surface area contributed by atoms with Crippen LogP contribution in [0.15, 0.2) is 48.5 Å². The molecular weight excluding hydrogens is 472 g/mol.